The van der Waals surface area contributed by atoms with Crippen molar-refractivity contribution >= 4 is 11.6 Å². The lowest BCUT2D eigenvalue weighted by Crippen LogP contribution is -2.46. The van der Waals surface area contributed by atoms with Crippen molar-refractivity contribution in [1.82, 2.24) is 0 Å². The Hall–Kier alpha value is -1.55. The number of hydrogen-bond donors (Lipinski definition) is 3. The van der Waals surface area contributed by atoms with Crippen molar-refractivity contribution in [2.24, 2.45) is 5.73 Å². The highest BCUT2D eigenvalue weighted by atomic mass is 16.3. The van der Waals surface area contributed by atoms with E-state index < -0.39 is 0 Å². The zero-order chi connectivity index (χ0) is 12.3. The van der Waals surface area contributed by atoms with Crippen LogP contribution < -0.4 is 10.6 Å². The van der Waals surface area contributed by atoms with Crippen LogP contribution in [0, 0.1) is 5.41 Å². The van der Waals surface area contributed by atoms with Crippen molar-refractivity contribution in [3.05, 3.63) is 30.3 Å². The number of para-hydroxylation sites is 1. The second kappa shape index (κ2) is 5.19. The minimum Gasteiger partial charge on any atom is -0.393 e. The van der Waals surface area contributed by atoms with Gasteiger partial charge < -0.3 is 15.7 Å². The van der Waals surface area contributed by atoms with Crippen molar-refractivity contribution in [3.8, 4) is 0 Å². The molecule has 1 fully saturated rings. The summed E-state index contributed by atoms with van der Waals surface area (Å²) in [4.78, 5) is 1.87. The number of aliphatic hydroxyl groups excluding tert-OH is 1. The summed E-state index contributed by atoms with van der Waals surface area (Å²) in [6, 6.07) is 10.0. The van der Waals surface area contributed by atoms with Gasteiger partial charge in [0.2, 0.25) is 0 Å². The van der Waals surface area contributed by atoms with Crippen LogP contribution in [-0.2, 0) is 0 Å². The van der Waals surface area contributed by atoms with Gasteiger partial charge in [-0.15, -0.1) is 0 Å². The lowest BCUT2D eigenvalue weighted by atomic mass is 9.92. The fourth-order valence-corrected chi connectivity index (χ4v) is 2.45. The van der Waals surface area contributed by atoms with Gasteiger partial charge in [0.1, 0.15) is 0 Å². The summed E-state index contributed by atoms with van der Waals surface area (Å²) in [6.45, 7) is 0. The van der Waals surface area contributed by atoms with Gasteiger partial charge >= 0.3 is 0 Å². The Morgan fingerprint density at radius 1 is 1.18 bits per heavy atom. The fraction of sp³-hybridized carbons (Fsp3) is 0.462. The van der Waals surface area contributed by atoms with Crippen LogP contribution in [0.15, 0.2) is 30.3 Å². The SMILES string of the molecule is N=C(N)N(c1ccccc1)C1CCC(O)CC1. The lowest BCUT2D eigenvalue weighted by molar-refractivity contribution is 0.123. The zero-order valence-corrected chi connectivity index (χ0v) is 9.84. The molecule has 0 atom stereocenters. The number of benzene rings is 1. The van der Waals surface area contributed by atoms with Crippen molar-refractivity contribution in [3.63, 3.8) is 0 Å². The molecule has 17 heavy (non-hydrogen) atoms. The van der Waals surface area contributed by atoms with E-state index in [1.54, 1.807) is 0 Å². The summed E-state index contributed by atoms with van der Waals surface area (Å²) < 4.78 is 0. The first-order valence-electron chi connectivity index (χ1n) is 6.05. The number of guanidine groups is 1. The minimum absolute atomic E-state index is 0.0811. The summed E-state index contributed by atoms with van der Waals surface area (Å²) in [5.41, 5.74) is 6.64. The van der Waals surface area contributed by atoms with Gasteiger partial charge in [-0.3, -0.25) is 5.41 Å². The molecule has 0 aromatic heterocycles. The van der Waals surface area contributed by atoms with Gasteiger partial charge in [0.25, 0.3) is 0 Å². The molecule has 4 N–H and O–H groups in total. The van der Waals surface area contributed by atoms with E-state index in [1.165, 1.54) is 0 Å². The maximum atomic E-state index is 9.51. The third kappa shape index (κ3) is 2.77. The van der Waals surface area contributed by atoms with Crippen LogP contribution in [0.25, 0.3) is 0 Å². The Labute approximate surface area is 102 Å². The molecule has 92 valence electrons. The van der Waals surface area contributed by atoms with Gasteiger partial charge in [0.15, 0.2) is 5.96 Å². The molecule has 0 radical (unpaired) electrons. The number of rotatable bonds is 2. The van der Waals surface area contributed by atoms with E-state index >= 15 is 0 Å². The summed E-state index contributed by atoms with van der Waals surface area (Å²) in [5, 5.41) is 17.2. The van der Waals surface area contributed by atoms with Gasteiger partial charge in [-0.2, -0.15) is 0 Å². The summed E-state index contributed by atoms with van der Waals surface area (Å²) >= 11 is 0. The molecular weight excluding hydrogens is 214 g/mol. The van der Waals surface area contributed by atoms with Gasteiger partial charge in [-0.1, -0.05) is 18.2 Å². The molecule has 0 aliphatic heterocycles. The summed E-state index contributed by atoms with van der Waals surface area (Å²) in [5.74, 6) is 0.0811. The van der Waals surface area contributed by atoms with Gasteiger partial charge in [-0.25, -0.2) is 0 Å². The van der Waals surface area contributed by atoms with E-state index in [2.05, 4.69) is 0 Å². The molecule has 4 nitrogen and oxygen atoms in total. The van der Waals surface area contributed by atoms with E-state index in [4.69, 9.17) is 11.1 Å². The molecule has 0 spiro atoms. The Morgan fingerprint density at radius 3 is 2.29 bits per heavy atom. The Balaban J connectivity index is 2.16. The van der Waals surface area contributed by atoms with Gasteiger partial charge in [-0.05, 0) is 37.8 Å². The van der Waals surface area contributed by atoms with Crippen LogP contribution in [-0.4, -0.2) is 23.2 Å². The topological polar surface area (TPSA) is 73.3 Å². The van der Waals surface area contributed by atoms with Crippen LogP contribution in [0.4, 0.5) is 5.69 Å². The second-order valence-electron chi connectivity index (χ2n) is 4.55. The fourth-order valence-electron chi connectivity index (χ4n) is 2.45. The molecule has 1 aliphatic rings. The molecule has 1 aromatic carbocycles. The number of nitrogens with two attached hydrogens (primary N) is 1. The van der Waals surface area contributed by atoms with Crippen LogP contribution in [0.3, 0.4) is 0 Å². The van der Waals surface area contributed by atoms with E-state index in [0.717, 1.165) is 31.4 Å². The molecule has 4 heteroatoms. The predicted octanol–water partition coefficient (Wildman–Crippen LogP) is 1.69. The monoisotopic (exact) mass is 233 g/mol. The number of hydrogen-bond acceptors (Lipinski definition) is 2. The smallest absolute Gasteiger partial charge is 0.193 e. The van der Waals surface area contributed by atoms with Crippen LogP contribution in [0.1, 0.15) is 25.7 Å². The lowest BCUT2D eigenvalue weighted by Gasteiger charge is -2.36. The van der Waals surface area contributed by atoms with E-state index in [-0.39, 0.29) is 18.1 Å². The average molecular weight is 233 g/mol. The van der Waals surface area contributed by atoms with Gasteiger partial charge in [0.05, 0.1) is 6.10 Å². The second-order valence-corrected chi connectivity index (χ2v) is 4.55. The van der Waals surface area contributed by atoms with E-state index in [9.17, 15) is 5.11 Å². The quantitative estimate of drug-likeness (QED) is 0.537. The Bertz CT molecular complexity index is 372. The van der Waals surface area contributed by atoms with Crippen molar-refractivity contribution in [2.75, 3.05) is 4.90 Å². The predicted molar refractivity (Wildman–Crippen MR) is 69.1 cm³/mol. The molecule has 1 aromatic rings. The molecular formula is C13H19N3O. The highest BCUT2D eigenvalue weighted by Crippen LogP contribution is 2.27. The van der Waals surface area contributed by atoms with E-state index in [0.29, 0.717) is 0 Å². The largest absolute Gasteiger partial charge is 0.393 e. The number of aliphatic hydroxyl groups is 1. The van der Waals surface area contributed by atoms with Crippen molar-refractivity contribution < 1.29 is 5.11 Å². The molecule has 0 bridgehead atoms. The van der Waals surface area contributed by atoms with Crippen LogP contribution in [0.2, 0.25) is 0 Å². The first-order chi connectivity index (χ1) is 8.18. The summed E-state index contributed by atoms with van der Waals surface area (Å²) in [6.07, 6.45) is 3.17. The molecule has 1 aliphatic carbocycles. The zero-order valence-electron chi connectivity index (χ0n) is 9.84. The summed E-state index contributed by atoms with van der Waals surface area (Å²) in [7, 11) is 0. The molecule has 0 heterocycles. The maximum absolute atomic E-state index is 9.51. The van der Waals surface area contributed by atoms with Crippen molar-refractivity contribution in [2.45, 2.75) is 37.8 Å². The molecule has 0 saturated heterocycles. The van der Waals surface area contributed by atoms with Gasteiger partial charge in [0, 0.05) is 11.7 Å². The van der Waals surface area contributed by atoms with Crippen LogP contribution >= 0.6 is 0 Å². The third-order valence-electron chi connectivity index (χ3n) is 3.33. The normalized spacial score (nSPS) is 24.3. The first-order valence-corrected chi connectivity index (χ1v) is 6.05. The molecule has 1 saturated carbocycles. The number of nitrogens with one attached hydrogen (secondary N) is 1. The minimum atomic E-state index is -0.184. The molecule has 2 rings (SSSR count). The van der Waals surface area contributed by atoms with E-state index in [1.807, 2.05) is 35.2 Å². The Morgan fingerprint density at radius 2 is 1.76 bits per heavy atom. The maximum Gasteiger partial charge on any atom is 0.193 e. The standard InChI is InChI=1S/C13H19N3O/c14-13(15)16(10-4-2-1-3-5-10)11-6-8-12(17)9-7-11/h1-5,11-12,17H,6-9H2,(H3,14,15). The van der Waals surface area contributed by atoms with Crippen LogP contribution in [0.5, 0.6) is 0 Å². The highest BCUT2D eigenvalue weighted by Gasteiger charge is 2.26. The number of nitrogens with zero attached hydrogens (tertiary/aromatic N) is 1. The molecule has 0 amide bonds. The first kappa shape index (κ1) is 11.9. The number of anilines is 1. The highest BCUT2D eigenvalue weighted by molar-refractivity contribution is 5.93. The average Bonchev–Trinajstić information content (AvgIpc) is 2.33. The third-order valence-corrected chi connectivity index (χ3v) is 3.33. The Kier molecular flexibility index (Phi) is 3.64. The molecule has 0 unspecified atom stereocenters. The van der Waals surface area contributed by atoms with Crippen molar-refractivity contribution in [1.29, 1.82) is 5.41 Å².